The second-order valence-electron chi connectivity index (χ2n) is 6.25. The van der Waals surface area contributed by atoms with Crippen molar-refractivity contribution in [2.75, 3.05) is 5.32 Å². The van der Waals surface area contributed by atoms with Gasteiger partial charge in [0.05, 0.1) is 12.1 Å². The first kappa shape index (κ1) is 13.5. The van der Waals surface area contributed by atoms with Crippen LogP contribution in [0.3, 0.4) is 0 Å². The molecule has 4 nitrogen and oxygen atoms in total. The average molecular weight is 289 g/mol. The second kappa shape index (κ2) is 4.82. The largest absolute Gasteiger partial charge is 0.390 e. The van der Waals surface area contributed by atoms with E-state index < -0.39 is 6.10 Å². The predicted octanol–water partition coefficient (Wildman–Crippen LogP) is 2.91. The highest BCUT2D eigenvalue weighted by Gasteiger charge is 2.31. The molecule has 106 valence electrons. The van der Waals surface area contributed by atoms with Crippen molar-refractivity contribution in [3.63, 3.8) is 0 Å². The van der Waals surface area contributed by atoms with Crippen LogP contribution in [0.1, 0.15) is 42.9 Å². The molecule has 0 aliphatic heterocycles. The summed E-state index contributed by atoms with van der Waals surface area (Å²) in [4.78, 5) is 0. The first-order valence-corrected chi connectivity index (χ1v) is 7.63. The maximum Gasteiger partial charge on any atom is 0.206 e. The number of nitrogens with one attached hydrogen (secondary N) is 1. The maximum atomic E-state index is 10.2. The molecule has 2 aromatic rings. The third kappa shape index (κ3) is 2.43. The van der Waals surface area contributed by atoms with E-state index in [1.807, 2.05) is 12.1 Å². The third-order valence-electron chi connectivity index (χ3n) is 3.55. The van der Waals surface area contributed by atoms with Crippen molar-refractivity contribution in [3.05, 3.63) is 40.4 Å². The van der Waals surface area contributed by atoms with Gasteiger partial charge in [-0.05, 0) is 11.1 Å². The number of aliphatic hydroxyl groups is 1. The number of benzene rings is 1. The van der Waals surface area contributed by atoms with Crippen LogP contribution in [0.2, 0.25) is 0 Å². The number of aliphatic hydroxyl groups excluding tert-OH is 1. The van der Waals surface area contributed by atoms with Crippen LogP contribution in [0.5, 0.6) is 0 Å². The molecule has 1 aromatic carbocycles. The second-order valence-corrected chi connectivity index (χ2v) is 7.23. The van der Waals surface area contributed by atoms with Gasteiger partial charge in [0.1, 0.15) is 5.01 Å². The van der Waals surface area contributed by atoms with Gasteiger partial charge in [0.25, 0.3) is 0 Å². The van der Waals surface area contributed by atoms with E-state index in [1.54, 1.807) is 11.3 Å². The van der Waals surface area contributed by atoms with Crippen LogP contribution < -0.4 is 5.32 Å². The Bertz CT molecular complexity index is 618. The van der Waals surface area contributed by atoms with Crippen molar-refractivity contribution < 1.29 is 5.11 Å². The molecular weight excluding hydrogens is 270 g/mol. The van der Waals surface area contributed by atoms with Crippen LogP contribution in [0.4, 0.5) is 5.13 Å². The fourth-order valence-corrected chi connectivity index (χ4v) is 3.30. The molecule has 1 aliphatic rings. The maximum absolute atomic E-state index is 10.2. The molecule has 0 saturated heterocycles. The zero-order valence-corrected chi connectivity index (χ0v) is 12.7. The highest BCUT2D eigenvalue weighted by Crippen LogP contribution is 2.36. The van der Waals surface area contributed by atoms with E-state index in [0.717, 1.165) is 15.7 Å². The average Bonchev–Trinajstić information content (AvgIpc) is 2.95. The molecule has 2 atom stereocenters. The summed E-state index contributed by atoms with van der Waals surface area (Å²) in [5.74, 6) is 0. The van der Waals surface area contributed by atoms with Gasteiger partial charge in [-0.1, -0.05) is 56.4 Å². The molecular formula is C15H19N3OS. The fraction of sp³-hybridized carbons (Fsp3) is 0.467. The van der Waals surface area contributed by atoms with Crippen LogP contribution in [0.25, 0.3) is 0 Å². The first-order valence-electron chi connectivity index (χ1n) is 6.81. The van der Waals surface area contributed by atoms with Gasteiger partial charge in [0, 0.05) is 11.8 Å². The van der Waals surface area contributed by atoms with Gasteiger partial charge in [0.15, 0.2) is 0 Å². The summed E-state index contributed by atoms with van der Waals surface area (Å²) in [6, 6.07) is 8.06. The Morgan fingerprint density at radius 3 is 2.70 bits per heavy atom. The summed E-state index contributed by atoms with van der Waals surface area (Å²) in [6.07, 6.45) is 0.285. The number of fused-ring (bicyclic) bond motifs is 1. The molecule has 1 heterocycles. The Kier molecular flexibility index (Phi) is 3.26. The van der Waals surface area contributed by atoms with Gasteiger partial charge < -0.3 is 10.4 Å². The molecule has 2 N–H and O–H groups in total. The molecule has 0 unspecified atom stereocenters. The van der Waals surface area contributed by atoms with Crippen molar-refractivity contribution in [1.82, 2.24) is 10.2 Å². The summed E-state index contributed by atoms with van der Waals surface area (Å²) in [5, 5.41) is 23.8. The summed E-state index contributed by atoms with van der Waals surface area (Å²) < 4.78 is 0. The van der Waals surface area contributed by atoms with E-state index in [-0.39, 0.29) is 11.5 Å². The highest BCUT2D eigenvalue weighted by molar-refractivity contribution is 7.15. The molecule has 1 aromatic heterocycles. The number of nitrogens with zero attached hydrogens (tertiary/aromatic N) is 2. The highest BCUT2D eigenvalue weighted by atomic mass is 32.1. The predicted molar refractivity (Wildman–Crippen MR) is 81.1 cm³/mol. The van der Waals surface area contributed by atoms with Gasteiger partial charge in [-0.3, -0.25) is 0 Å². The van der Waals surface area contributed by atoms with Gasteiger partial charge in [-0.15, -0.1) is 10.2 Å². The van der Waals surface area contributed by atoms with Crippen molar-refractivity contribution in [2.24, 2.45) is 0 Å². The van der Waals surface area contributed by atoms with Crippen LogP contribution in [0.15, 0.2) is 24.3 Å². The zero-order chi connectivity index (χ0) is 14.3. The lowest BCUT2D eigenvalue weighted by molar-refractivity contribution is 0.166. The number of hydrogen-bond donors (Lipinski definition) is 2. The van der Waals surface area contributed by atoms with Crippen molar-refractivity contribution in [2.45, 2.75) is 44.8 Å². The minimum atomic E-state index is -0.408. The summed E-state index contributed by atoms with van der Waals surface area (Å²) in [7, 11) is 0. The smallest absolute Gasteiger partial charge is 0.206 e. The van der Waals surface area contributed by atoms with Crippen LogP contribution in [-0.2, 0) is 11.8 Å². The Labute approximate surface area is 122 Å². The molecule has 0 radical (unpaired) electrons. The molecule has 5 heteroatoms. The lowest BCUT2D eigenvalue weighted by atomic mass is 9.98. The molecule has 0 spiro atoms. The minimum Gasteiger partial charge on any atom is -0.390 e. The fourth-order valence-electron chi connectivity index (χ4n) is 2.47. The summed E-state index contributed by atoms with van der Waals surface area (Å²) >= 11 is 1.56. The van der Waals surface area contributed by atoms with Gasteiger partial charge >= 0.3 is 0 Å². The number of rotatable bonds is 2. The van der Waals surface area contributed by atoms with Gasteiger partial charge in [-0.2, -0.15) is 0 Å². The normalized spacial score (nSPS) is 21.8. The zero-order valence-electron chi connectivity index (χ0n) is 11.9. The van der Waals surface area contributed by atoms with Crippen LogP contribution in [-0.4, -0.2) is 21.4 Å². The van der Waals surface area contributed by atoms with Crippen LogP contribution >= 0.6 is 11.3 Å². The van der Waals surface area contributed by atoms with E-state index in [4.69, 9.17) is 0 Å². The molecule has 0 fully saturated rings. The van der Waals surface area contributed by atoms with Crippen LogP contribution in [0, 0.1) is 0 Å². The number of aromatic nitrogens is 2. The summed E-state index contributed by atoms with van der Waals surface area (Å²) in [6.45, 7) is 6.37. The van der Waals surface area contributed by atoms with Gasteiger partial charge in [-0.25, -0.2) is 0 Å². The number of hydrogen-bond acceptors (Lipinski definition) is 5. The number of anilines is 1. The quantitative estimate of drug-likeness (QED) is 0.892. The van der Waals surface area contributed by atoms with E-state index in [1.165, 1.54) is 5.56 Å². The van der Waals surface area contributed by atoms with Crippen molar-refractivity contribution in [1.29, 1.82) is 0 Å². The molecule has 0 amide bonds. The standard InChI is InChI=1S/C15H19N3OS/c1-15(2,3)13-17-18-14(20-13)16-12-10-7-5-4-6-9(10)8-11(12)19/h4-7,11-12,19H,8H2,1-3H3,(H,16,18)/t11-,12+/m1/s1. The molecule has 1 aliphatic carbocycles. The molecule has 3 rings (SSSR count). The van der Waals surface area contributed by atoms with Crippen molar-refractivity contribution in [3.8, 4) is 0 Å². The summed E-state index contributed by atoms with van der Waals surface area (Å²) in [5.41, 5.74) is 2.37. The molecule has 0 saturated carbocycles. The Morgan fingerprint density at radius 1 is 1.25 bits per heavy atom. The van der Waals surface area contributed by atoms with E-state index in [9.17, 15) is 5.11 Å². The SMILES string of the molecule is CC(C)(C)c1nnc(N[C@H]2c3ccccc3C[C@H]2O)s1. The van der Waals surface area contributed by atoms with Crippen molar-refractivity contribution >= 4 is 16.5 Å². The van der Waals surface area contributed by atoms with E-state index in [2.05, 4.69) is 48.4 Å². The topological polar surface area (TPSA) is 58.0 Å². The molecule has 0 bridgehead atoms. The first-order chi connectivity index (χ1) is 9.45. The Hall–Kier alpha value is -1.46. The molecule has 20 heavy (non-hydrogen) atoms. The Balaban J connectivity index is 1.83. The monoisotopic (exact) mass is 289 g/mol. The van der Waals surface area contributed by atoms with Gasteiger partial charge in [0.2, 0.25) is 5.13 Å². The van der Waals surface area contributed by atoms with E-state index >= 15 is 0 Å². The van der Waals surface area contributed by atoms with E-state index in [0.29, 0.717) is 6.42 Å². The lowest BCUT2D eigenvalue weighted by Crippen LogP contribution is -2.21. The lowest BCUT2D eigenvalue weighted by Gasteiger charge is -2.17. The Morgan fingerprint density at radius 2 is 2.00 bits per heavy atom. The minimum absolute atomic E-state index is 0.00377. The third-order valence-corrected chi connectivity index (χ3v) is 4.83.